The number of hydrogen-bond acceptors (Lipinski definition) is 5. The molecule has 2 fully saturated rings. The van der Waals surface area contributed by atoms with Gasteiger partial charge in [0.2, 0.25) is 10.0 Å². The Morgan fingerprint density at radius 2 is 1.65 bits per heavy atom. The van der Waals surface area contributed by atoms with Crippen molar-refractivity contribution < 1.29 is 13.5 Å². The summed E-state index contributed by atoms with van der Waals surface area (Å²) < 4.78 is 29.3. The van der Waals surface area contributed by atoms with E-state index in [0.717, 1.165) is 56.6 Å². The van der Waals surface area contributed by atoms with Gasteiger partial charge in [0.25, 0.3) is 0 Å². The first kappa shape index (κ1) is 26.7. The predicted molar refractivity (Wildman–Crippen MR) is 160 cm³/mol. The Hall–Kier alpha value is -3.46. The van der Waals surface area contributed by atoms with Crippen LogP contribution in [0.4, 0.5) is 5.69 Å². The van der Waals surface area contributed by atoms with Gasteiger partial charge in [-0.05, 0) is 74.7 Å². The third-order valence-electron chi connectivity index (χ3n) is 8.05. The molecule has 0 atom stereocenters. The quantitative estimate of drug-likeness (QED) is 0.224. The van der Waals surface area contributed by atoms with E-state index in [1.807, 2.05) is 42.5 Å². The van der Waals surface area contributed by atoms with E-state index in [1.165, 1.54) is 24.8 Å². The van der Waals surface area contributed by atoms with Crippen LogP contribution >= 0.6 is 0 Å². The highest BCUT2D eigenvalue weighted by molar-refractivity contribution is 7.89. The highest BCUT2D eigenvalue weighted by Gasteiger charge is 2.25. The lowest BCUT2D eigenvalue weighted by atomic mass is 10.0. The first-order valence-corrected chi connectivity index (χ1v) is 15.8. The Bertz CT molecular complexity index is 1600. The van der Waals surface area contributed by atoms with E-state index in [9.17, 15) is 13.5 Å². The highest BCUT2D eigenvalue weighted by Crippen LogP contribution is 2.33. The number of rotatable bonds is 8. The fraction of sp³-hybridized carbons (Fsp3) is 0.344. The first-order chi connectivity index (χ1) is 19.5. The Kier molecular flexibility index (Phi) is 7.74. The zero-order valence-electron chi connectivity index (χ0n) is 22.6. The molecule has 0 radical (unpaired) electrons. The van der Waals surface area contributed by atoms with Crippen molar-refractivity contribution in [2.24, 2.45) is 4.99 Å². The maximum atomic E-state index is 13.2. The smallest absolute Gasteiger partial charge is 0.240 e. The number of aromatic hydroxyl groups is 1. The number of H-pyrrole nitrogens is 1. The lowest BCUT2D eigenvalue weighted by Gasteiger charge is -2.26. The zero-order chi connectivity index (χ0) is 27.5. The Labute approximate surface area is 236 Å². The maximum Gasteiger partial charge on any atom is 0.240 e. The molecule has 208 valence electrons. The summed E-state index contributed by atoms with van der Waals surface area (Å²) in [7, 11) is -3.70. The van der Waals surface area contributed by atoms with Gasteiger partial charge in [-0.15, -0.1) is 0 Å². The molecule has 1 saturated carbocycles. The highest BCUT2D eigenvalue weighted by atomic mass is 32.2. The molecule has 3 N–H and O–H groups in total. The van der Waals surface area contributed by atoms with Gasteiger partial charge in [0.1, 0.15) is 0 Å². The van der Waals surface area contributed by atoms with Gasteiger partial charge in [-0.2, -0.15) is 0 Å². The summed E-state index contributed by atoms with van der Waals surface area (Å²) in [6, 6.07) is 22.8. The Morgan fingerprint density at radius 3 is 2.38 bits per heavy atom. The van der Waals surface area contributed by atoms with Crippen LogP contribution in [0.2, 0.25) is 0 Å². The molecule has 0 unspecified atom stereocenters. The average molecular weight is 557 g/mol. The standard InChI is InChI=1S/C32H36N4O3S/c37-32-30(28-21-27(17-18-29(28)34-32)40(38,39)35-26-11-5-6-12-26)31(24-9-3-1-4-10-24)33-25-15-13-23(14-16-25)22-36-19-7-2-8-20-36/h1,3-4,9-10,13-18,21,26,34-35,37H,2,5-8,11-12,19-20,22H2. The van der Waals surface area contributed by atoms with Gasteiger partial charge in [0, 0.05) is 29.1 Å². The van der Waals surface area contributed by atoms with Crippen LogP contribution in [-0.4, -0.2) is 48.3 Å². The van der Waals surface area contributed by atoms with E-state index in [4.69, 9.17) is 4.99 Å². The van der Waals surface area contributed by atoms with Crippen molar-refractivity contribution in [1.82, 2.24) is 14.6 Å². The molecule has 2 aliphatic rings. The normalized spacial score (nSPS) is 17.6. The van der Waals surface area contributed by atoms with Crippen LogP contribution in [0.25, 0.3) is 10.9 Å². The van der Waals surface area contributed by atoms with Crippen molar-refractivity contribution in [3.8, 4) is 5.88 Å². The molecule has 1 saturated heterocycles. The molecule has 7 nitrogen and oxygen atoms in total. The number of hydrogen-bond donors (Lipinski definition) is 3. The predicted octanol–water partition coefficient (Wildman–Crippen LogP) is 6.25. The first-order valence-electron chi connectivity index (χ1n) is 14.3. The molecular weight excluding hydrogens is 520 g/mol. The SMILES string of the molecule is O=S(=O)(NC1CCCC1)c1ccc2[nH]c(O)c(C(=Nc3ccc(CN4CCCCC4)cc3)c3ccccc3)c2c1. The van der Waals surface area contributed by atoms with E-state index < -0.39 is 10.0 Å². The molecular formula is C32H36N4O3S. The van der Waals surface area contributed by atoms with Crippen LogP contribution in [0, 0.1) is 0 Å². The minimum Gasteiger partial charge on any atom is -0.494 e. The lowest BCUT2D eigenvalue weighted by Crippen LogP contribution is -2.32. The van der Waals surface area contributed by atoms with Crippen LogP contribution in [0.15, 0.2) is 82.7 Å². The van der Waals surface area contributed by atoms with Crippen molar-refractivity contribution in [3.63, 3.8) is 0 Å². The third kappa shape index (κ3) is 5.84. The Morgan fingerprint density at radius 1 is 0.925 bits per heavy atom. The molecule has 0 amide bonds. The largest absolute Gasteiger partial charge is 0.494 e. The molecule has 1 aliphatic carbocycles. The molecule has 1 aromatic heterocycles. The van der Waals surface area contributed by atoms with Crippen molar-refractivity contribution in [2.75, 3.05) is 13.1 Å². The number of aliphatic imine (C=N–C) groups is 1. The van der Waals surface area contributed by atoms with Gasteiger partial charge in [-0.1, -0.05) is 61.7 Å². The van der Waals surface area contributed by atoms with Crippen LogP contribution in [0.5, 0.6) is 5.88 Å². The van der Waals surface area contributed by atoms with Crippen LogP contribution in [-0.2, 0) is 16.6 Å². The maximum absolute atomic E-state index is 13.2. The van der Waals surface area contributed by atoms with E-state index in [0.29, 0.717) is 22.2 Å². The number of likely N-dealkylation sites (tertiary alicyclic amines) is 1. The summed E-state index contributed by atoms with van der Waals surface area (Å²) in [4.78, 5) is 10.7. The molecule has 2 heterocycles. The van der Waals surface area contributed by atoms with Crippen LogP contribution in [0.1, 0.15) is 61.6 Å². The minimum atomic E-state index is -3.70. The summed E-state index contributed by atoms with van der Waals surface area (Å²) in [6.07, 6.45) is 7.64. The molecule has 4 aromatic rings. The molecule has 0 bridgehead atoms. The number of nitrogens with zero attached hydrogens (tertiary/aromatic N) is 2. The fourth-order valence-electron chi connectivity index (χ4n) is 5.94. The van der Waals surface area contributed by atoms with Gasteiger partial charge in [-0.3, -0.25) is 4.90 Å². The van der Waals surface area contributed by atoms with Crippen molar-refractivity contribution in [2.45, 2.75) is 62.4 Å². The number of nitrogens with one attached hydrogen (secondary N) is 2. The van der Waals surface area contributed by atoms with E-state index in [-0.39, 0.29) is 16.8 Å². The third-order valence-corrected chi connectivity index (χ3v) is 9.57. The number of fused-ring (bicyclic) bond motifs is 1. The average Bonchev–Trinajstić information content (AvgIpc) is 3.59. The monoisotopic (exact) mass is 556 g/mol. The Balaban J connectivity index is 1.38. The second-order valence-corrected chi connectivity index (χ2v) is 12.7. The van der Waals surface area contributed by atoms with Crippen LogP contribution in [0.3, 0.4) is 0 Å². The lowest BCUT2D eigenvalue weighted by molar-refractivity contribution is 0.221. The molecule has 40 heavy (non-hydrogen) atoms. The fourth-order valence-corrected chi connectivity index (χ4v) is 7.27. The van der Waals surface area contributed by atoms with Crippen molar-refractivity contribution >= 4 is 32.3 Å². The summed E-state index contributed by atoms with van der Waals surface area (Å²) in [5.74, 6) is -0.0439. The summed E-state index contributed by atoms with van der Waals surface area (Å²) in [6.45, 7) is 3.22. The minimum absolute atomic E-state index is 0.0286. The molecule has 1 aliphatic heterocycles. The number of aromatic nitrogens is 1. The summed E-state index contributed by atoms with van der Waals surface area (Å²) >= 11 is 0. The number of benzene rings is 3. The van der Waals surface area contributed by atoms with Gasteiger partial charge < -0.3 is 10.1 Å². The van der Waals surface area contributed by atoms with Gasteiger partial charge in [-0.25, -0.2) is 18.1 Å². The molecule has 6 rings (SSSR count). The topological polar surface area (TPSA) is 97.8 Å². The second kappa shape index (κ2) is 11.6. The summed E-state index contributed by atoms with van der Waals surface area (Å²) in [5.41, 5.74) is 4.55. The van der Waals surface area contributed by atoms with Gasteiger partial charge in [0.05, 0.1) is 21.9 Å². The molecule has 3 aromatic carbocycles. The second-order valence-electron chi connectivity index (χ2n) is 11.0. The number of piperidine rings is 1. The van der Waals surface area contributed by atoms with E-state index in [2.05, 4.69) is 26.7 Å². The number of sulfonamides is 1. The van der Waals surface area contributed by atoms with E-state index >= 15 is 0 Å². The summed E-state index contributed by atoms with van der Waals surface area (Å²) in [5, 5.41) is 11.7. The zero-order valence-corrected chi connectivity index (χ0v) is 23.5. The number of aromatic amines is 1. The molecule has 0 spiro atoms. The van der Waals surface area contributed by atoms with Gasteiger partial charge in [0.15, 0.2) is 5.88 Å². The van der Waals surface area contributed by atoms with Crippen LogP contribution < -0.4 is 4.72 Å². The molecule has 8 heteroatoms. The van der Waals surface area contributed by atoms with Gasteiger partial charge >= 0.3 is 0 Å². The van der Waals surface area contributed by atoms with Crippen molar-refractivity contribution in [1.29, 1.82) is 0 Å². The van der Waals surface area contributed by atoms with Crippen molar-refractivity contribution in [3.05, 3.63) is 89.5 Å². The van der Waals surface area contributed by atoms with E-state index in [1.54, 1.807) is 18.2 Å².